The molecule has 1 saturated carbocycles. The van der Waals surface area contributed by atoms with E-state index in [4.69, 9.17) is 14.7 Å². The Bertz CT molecular complexity index is 632. The zero-order valence-electron chi connectivity index (χ0n) is 13.7. The number of rotatable bonds is 7. The number of carbonyl (C=O) groups is 1. The third kappa shape index (κ3) is 4.23. The van der Waals surface area contributed by atoms with E-state index in [0.29, 0.717) is 42.8 Å². The van der Waals surface area contributed by atoms with Gasteiger partial charge in [-0.2, -0.15) is 4.98 Å². The van der Waals surface area contributed by atoms with Crippen LogP contribution in [0.2, 0.25) is 0 Å². The number of nitrogens with two attached hydrogens (primary N) is 1. The quantitative estimate of drug-likeness (QED) is 0.805. The van der Waals surface area contributed by atoms with Crippen molar-refractivity contribution in [2.45, 2.75) is 51.0 Å². The molecule has 0 bridgehead atoms. The Morgan fingerprint density at radius 1 is 1.38 bits per heavy atom. The second-order valence-electron chi connectivity index (χ2n) is 6.30. The lowest BCUT2D eigenvalue weighted by Crippen LogP contribution is -2.46. The lowest BCUT2D eigenvalue weighted by molar-refractivity contribution is -0.122. The summed E-state index contributed by atoms with van der Waals surface area (Å²) < 4.78 is 10.4. The molecule has 1 aliphatic rings. The van der Waals surface area contributed by atoms with E-state index < -0.39 is 0 Å². The third-order valence-electron chi connectivity index (χ3n) is 4.59. The average molecular weight is 332 g/mol. The number of carbonyl (C=O) groups excluding carboxylic acids is 1. The van der Waals surface area contributed by atoms with Crippen molar-refractivity contribution in [3.8, 4) is 11.6 Å². The summed E-state index contributed by atoms with van der Waals surface area (Å²) in [7, 11) is 0. The van der Waals surface area contributed by atoms with Crippen molar-refractivity contribution in [1.82, 2.24) is 15.5 Å². The van der Waals surface area contributed by atoms with Crippen molar-refractivity contribution in [1.29, 1.82) is 0 Å². The first-order valence-electron chi connectivity index (χ1n) is 8.62. The van der Waals surface area contributed by atoms with Gasteiger partial charge in [0.25, 0.3) is 0 Å². The fourth-order valence-corrected chi connectivity index (χ4v) is 3.27. The number of furan rings is 1. The van der Waals surface area contributed by atoms with E-state index in [9.17, 15) is 4.79 Å². The summed E-state index contributed by atoms with van der Waals surface area (Å²) in [6.45, 7) is 0.486. The van der Waals surface area contributed by atoms with Gasteiger partial charge in [-0.3, -0.25) is 4.79 Å². The second-order valence-corrected chi connectivity index (χ2v) is 6.30. The Morgan fingerprint density at radius 2 is 2.21 bits per heavy atom. The number of aryl methyl sites for hydroxylation is 1. The highest BCUT2D eigenvalue weighted by atomic mass is 16.5. The van der Waals surface area contributed by atoms with Crippen LogP contribution in [0.25, 0.3) is 11.6 Å². The molecule has 1 atom stereocenters. The molecule has 1 aliphatic carbocycles. The summed E-state index contributed by atoms with van der Waals surface area (Å²) in [6.07, 6.45) is 8.32. The van der Waals surface area contributed by atoms with Gasteiger partial charge in [0.15, 0.2) is 5.76 Å². The van der Waals surface area contributed by atoms with E-state index >= 15 is 0 Å². The van der Waals surface area contributed by atoms with E-state index in [-0.39, 0.29) is 11.9 Å². The molecule has 3 rings (SSSR count). The van der Waals surface area contributed by atoms with Crippen LogP contribution in [0.1, 0.15) is 44.4 Å². The Hall–Kier alpha value is -2.15. The molecule has 1 fully saturated rings. The molecule has 130 valence electrons. The first-order valence-corrected chi connectivity index (χ1v) is 8.62. The summed E-state index contributed by atoms with van der Waals surface area (Å²) >= 11 is 0. The molecular formula is C17H24N4O3. The Labute approximate surface area is 141 Å². The molecule has 1 unspecified atom stereocenters. The van der Waals surface area contributed by atoms with Crippen LogP contribution >= 0.6 is 0 Å². The van der Waals surface area contributed by atoms with Gasteiger partial charge < -0.3 is 20.0 Å². The number of amides is 1. The van der Waals surface area contributed by atoms with E-state index in [0.717, 1.165) is 12.8 Å². The maximum atomic E-state index is 12.2. The van der Waals surface area contributed by atoms with E-state index in [1.165, 1.54) is 19.3 Å². The van der Waals surface area contributed by atoms with Crippen LogP contribution in [0.4, 0.5) is 0 Å². The smallest absolute Gasteiger partial charge is 0.238 e. The van der Waals surface area contributed by atoms with Gasteiger partial charge in [-0.05, 0) is 30.9 Å². The highest BCUT2D eigenvalue weighted by Crippen LogP contribution is 2.26. The number of nitrogens with zero attached hydrogens (tertiary/aromatic N) is 2. The maximum absolute atomic E-state index is 12.2. The summed E-state index contributed by atoms with van der Waals surface area (Å²) in [5, 5.41) is 6.92. The zero-order valence-corrected chi connectivity index (χ0v) is 13.7. The monoisotopic (exact) mass is 332 g/mol. The van der Waals surface area contributed by atoms with Gasteiger partial charge in [-0.25, -0.2) is 0 Å². The molecule has 3 N–H and O–H groups in total. The van der Waals surface area contributed by atoms with Crippen molar-refractivity contribution < 1.29 is 13.7 Å². The molecule has 0 spiro atoms. The van der Waals surface area contributed by atoms with Crippen molar-refractivity contribution in [3.05, 3.63) is 24.3 Å². The predicted molar refractivity (Wildman–Crippen MR) is 87.9 cm³/mol. The van der Waals surface area contributed by atoms with Gasteiger partial charge >= 0.3 is 0 Å². The van der Waals surface area contributed by atoms with E-state index in [1.807, 2.05) is 0 Å². The predicted octanol–water partition coefficient (Wildman–Crippen LogP) is 2.29. The van der Waals surface area contributed by atoms with Gasteiger partial charge in [0, 0.05) is 25.4 Å². The minimum Gasteiger partial charge on any atom is -0.461 e. The zero-order chi connectivity index (χ0) is 16.8. The van der Waals surface area contributed by atoms with Crippen LogP contribution in [0.5, 0.6) is 0 Å². The van der Waals surface area contributed by atoms with Gasteiger partial charge in [-0.1, -0.05) is 24.4 Å². The average Bonchev–Trinajstić information content (AvgIpc) is 3.29. The van der Waals surface area contributed by atoms with Crippen LogP contribution in [0, 0.1) is 5.92 Å². The number of aromatic nitrogens is 2. The van der Waals surface area contributed by atoms with Crippen LogP contribution in [-0.4, -0.2) is 28.6 Å². The van der Waals surface area contributed by atoms with E-state index in [2.05, 4.69) is 15.5 Å². The third-order valence-corrected chi connectivity index (χ3v) is 4.59. The molecule has 7 nitrogen and oxygen atoms in total. The Kier molecular flexibility index (Phi) is 5.63. The van der Waals surface area contributed by atoms with Crippen molar-refractivity contribution in [2.24, 2.45) is 11.7 Å². The van der Waals surface area contributed by atoms with Crippen molar-refractivity contribution in [3.63, 3.8) is 0 Å². The standard InChI is InChI=1S/C17H24N4O3/c18-11-13(12-5-2-1-3-6-12)19-15(22)8-9-16-20-17(21-24-16)14-7-4-10-23-14/h4,7,10,12-13H,1-3,5-6,8-9,11,18H2,(H,19,22). The SMILES string of the molecule is NCC(NC(=O)CCc1nc(-c2ccco2)no1)C1CCCCC1. The normalized spacial score (nSPS) is 16.9. The molecular weight excluding hydrogens is 308 g/mol. The Morgan fingerprint density at radius 3 is 2.92 bits per heavy atom. The van der Waals surface area contributed by atoms with Crippen LogP contribution in [0.15, 0.2) is 27.3 Å². The molecule has 0 saturated heterocycles. The lowest BCUT2D eigenvalue weighted by atomic mass is 9.84. The molecule has 1 amide bonds. The molecule has 24 heavy (non-hydrogen) atoms. The van der Waals surface area contributed by atoms with Gasteiger partial charge in [0.2, 0.25) is 17.6 Å². The molecule has 2 heterocycles. The number of nitrogens with one attached hydrogen (secondary N) is 1. The fraction of sp³-hybridized carbons (Fsp3) is 0.588. The first-order chi connectivity index (χ1) is 11.8. The van der Waals surface area contributed by atoms with Gasteiger partial charge in [-0.15, -0.1) is 0 Å². The molecule has 0 aromatic carbocycles. The molecule has 2 aromatic rings. The van der Waals surface area contributed by atoms with Crippen molar-refractivity contribution >= 4 is 5.91 Å². The fourth-order valence-electron chi connectivity index (χ4n) is 3.27. The number of hydrogen-bond acceptors (Lipinski definition) is 6. The molecule has 2 aromatic heterocycles. The highest BCUT2D eigenvalue weighted by Gasteiger charge is 2.24. The van der Waals surface area contributed by atoms with Crippen LogP contribution in [0.3, 0.4) is 0 Å². The highest BCUT2D eigenvalue weighted by molar-refractivity contribution is 5.76. The summed E-state index contributed by atoms with van der Waals surface area (Å²) in [5.41, 5.74) is 5.85. The second kappa shape index (κ2) is 8.10. The summed E-state index contributed by atoms with van der Waals surface area (Å²) in [4.78, 5) is 16.4. The van der Waals surface area contributed by atoms with Gasteiger partial charge in [0.1, 0.15) is 0 Å². The lowest BCUT2D eigenvalue weighted by Gasteiger charge is -2.30. The molecule has 7 heteroatoms. The van der Waals surface area contributed by atoms with Crippen LogP contribution in [-0.2, 0) is 11.2 Å². The summed E-state index contributed by atoms with van der Waals surface area (Å²) in [6, 6.07) is 3.59. The molecule has 0 radical (unpaired) electrons. The minimum absolute atomic E-state index is 0.0197. The topological polar surface area (TPSA) is 107 Å². The van der Waals surface area contributed by atoms with Crippen molar-refractivity contribution in [2.75, 3.05) is 6.54 Å². The maximum Gasteiger partial charge on any atom is 0.238 e. The van der Waals surface area contributed by atoms with Gasteiger partial charge in [0.05, 0.1) is 6.26 Å². The first kappa shape index (κ1) is 16.7. The van der Waals surface area contributed by atoms with Crippen LogP contribution < -0.4 is 11.1 Å². The van der Waals surface area contributed by atoms with E-state index in [1.54, 1.807) is 18.4 Å². The molecule has 0 aliphatic heterocycles. The minimum atomic E-state index is -0.0197. The summed E-state index contributed by atoms with van der Waals surface area (Å²) in [5.74, 6) is 1.86. The number of hydrogen-bond donors (Lipinski definition) is 2. The Balaban J connectivity index is 1.48. The largest absolute Gasteiger partial charge is 0.461 e.